The Hall–Kier alpha value is -1.86. The van der Waals surface area contributed by atoms with Gasteiger partial charge in [-0.25, -0.2) is 0 Å². The van der Waals surface area contributed by atoms with Crippen LogP contribution in [0.5, 0.6) is 5.88 Å². The van der Waals surface area contributed by atoms with Crippen molar-refractivity contribution in [3.63, 3.8) is 0 Å². The molecule has 122 valence electrons. The van der Waals surface area contributed by atoms with Gasteiger partial charge >= 0.3 is 0 Å². The Balaban J connectivity index is 1.62. The summed E-state index contributed by atoms with van der Waals surface area (Å²) in [6, 6.07) is 3.50. The Kier molecular flexibility index (Phi) is 4.68. The van der Waals surface area contributed by atoms with Crippen LogP contribution in [-0.2, 0) is 0 Å². The molecule has 0 saturated carbocycles. The Labute approximate surface area is 143 Å². The monoisotopic (exact) mass is 352 g/mol. The molecular weight excluding hydrogens is 336 g/mol. The molecule has 1 fully saturated rings. The average molecular weight is 353 g/mol. The summed E-state index contributed by atoms with van der Waals surface area (Å²) in [6.07, 6.45) is 3.98. The second kappa shape index (κ2) is 6.72. The highest BCUT2D eigenvalue weighted by molar-refractivity contribution is 7.17. The van der Waals surface area contributed by atoms with E-state index in [0.29, 0.717) is 28.2 Å². The molecule has 0 bridgehead atoms. The van der Waals surface area contributed by atoms with E-state index < -0.39 is 0 Å². The van der Waals surface area contributed by atoms with Crippen molar-refractivity contribution in [2.24, 2.45) is 0 Å². The van der Waals surface area contributed by atoms with E-state index in [1.54, 1.807) is 29.4 Å². The van der Waals surface area contributed by atoms with E-state index in [4.69, 9.17) is 16.3 Å². The molecule has 1 amide bonds. The summed E-state index contributed by atoms with van der Waals surface area (Å²) in [5.74, 6) is 1.22. The summed E-state index contributed by atoms with van der Waals surface area (Å²) in [7, 11) is 3.80. The number of hydrogen-bond donors (Lipinski definition) is 0. The van der Waals surface area contributed by atoms with Crippen LogP contribution < -0.4 is 9.64 Å². The molecule has 8 heteroatoms. The first-order valence-electron chi connectivity index (χ1n) is 7.23. The normalized spacial score (nSPS) is 17.3. The van der Waals surface area contributed by atoms with Gasteiger partial charge in [-0.2, -0.15) is 4.98 Å². The van der Waals surface area contributed by atoms with Crippen LogP contribution in [0, 0.1) is 0 Å². The molecular formula is C15H17ClN4O2S. The van der Waals surface area contributed by atoms with E-state index in [9.17, 15) is 4.79 Å². The van der Waals surface area contributed by atoms with Crippen molar-refractivity contribution in [3.05, 3.63) is 33.7 Å². The minimum absolute atomic E-state index is 0.00104. The van der Waals surface area contributed by atoms with Gasteiger partial charge < -0.3 is 14.5 Å². The van der Waals surface area contributed by atoms with Crippen molar-refractivity contribution in [1.29, 1.82) is 0 Å². The SMILES string of the molecule is CN(C)c1cncc(O[C@H]2CCN(C(=O)c3ccc(Cl)s3)C2)n1. The number of carbonyl (C=O) groups is 1. The van der Waals surface area contributed by atoms with E-state index >= 15 is 0 Å². The summed E-state index contributed by atoms with van der Waals surface area (Å²) >= 11 is 7.19. The molecule has 2 aromatic heterocycles. The number of halogens is 1. The number of likely N-dealkylation sites (tertiary alicyclic amines) is 1. The van der Waals surface area contributed by atoms with Gasteiger partial charge in [0.15, 0.2) is 5.82 Å². The zero-order valence-corrected chi connectivity index (χ0v) is 14.5. The number of hydrogen-bond acceptors (Lipinski definition) is 6. The molecule has 0 N–H and O–H groups in total. The lowest BCUT2D eigenvalue weighted by atomic mass is 10.3. The van der Waals surface area contributed by atoms with Gasteiger partial charge in [-0.3, -0.25) is 9.78 Å². The minimum Gasteiger partial charge on any atom is -0.471 e. The number of ether oxygens (including phenoxy) is 1. The lowest BCUT2D eigenvalue weighted by molar-refractivity contribution is 0.0776. The average Bonchev–Trinajstić information content (AvgIpc) is 3.16. The lowest BCUT2D eigenvalue weighted by Crippen LogP contribution is -2.30. The molecule has 1 aliphatic heterocycles. The first kappa shape index (κ1) is 16.0. The number of amides is 1. The van der Waals surface area contributed by atoms with E-state index in [0.717, 1.165) is 12.2 Å². The third kappa shape index (κ3) is 3.73. The highest BCUT2D eigenvalue weighted by Gasteiger charge is 2.29. The first-order chi connectivity index (χ1) is 11.0. The van der Waals surface area contributed by atoms with Crippen LogP contribution >= 0.6 is 22.9 Å². The Morgan fingerprint density at radius 2 is 2.26 bits per heavy atom. The van der Waals surface area contributed by atoms with Crippen molar-refractivity contribution >= 4 is 34.7 Å². The largest absolute Gasteiger partial charge is 0.471 e. The lowest BCUT2D eigenvalue weighted by Gasteiger charge is -2.17. The zero-order chi connectivity index (χ0) is 16.4. The fourth-order valence-electron chi connectivity index (χ4n) is 2.38. The van der Waals surface area contributed by atoms with Crippen molar-refractivity contribution in [1.82, 2.24) is 14.9 Å². The fraction of sp³-hybridized carbons (Fsp3) is 0.400. The summed E-state index contributed by atoms with van der Waals surface area (Å²) < 4.78 is 6.49. The highest BCUT2D eigenvalue weighted by Crippen LogP contribution is 2.25. The van der Waals surface area contributed by atoms with E-state index in [2.05, 4.69) is 9.97 Å². The molecule has 1 atom stereocenters. The molecule has 3 heterocycles. The van der Waals surface area contributed by atoms with Crippen LogP contribution in [0.3, 0.4) is 0 Å². The van der Waals surface area contributed by atoms with Crippen LogP contribution in [0.4, 0.5) is 5.82 Å². The van der Waals surface area contributed by atoms with E-state index in [1.165, 1.54) is 11.3 Å². The summed E-state index contributed by atoms with van der Waals surface area (Å²) in [6.45, 7) is 1.21. The third-order valence-corrected chi connectivity index (χ3v) is 4.78. The van der Waals surface area contributed by atoms with Crippen molar-refractivity contribution < 1.29 is 9.53 Å². The maximum absolute atomic E-state index is 12.4. The topological polar surface area (TPSA) is 58.6 Å². The molecule has 2 aromatic rings. The number of anilines is 1. The minimum atomic E-state index is -0.0684. The smallest absolute Gasteiger partial charge is 0.264 e. The van der Waals surface area contributed by atoms with Gasteiger partial charge in [-0.1, -0.05) is 11.6 Å². The Morgan fingerprint density at radius 3 is 2.96 bits per heavy atom. The second-order valence-corrected chi connectivity index (χ2v) is 7.21. The molecule has 6 nitrogen and oxygen atoms in total. The standard InChI is InChI=1S/C15H17ClN4O2S/c1-19(2)13-7-17-8-14(18-13)22-10-5-6-20(9-10)15(21)11-3-4-12(16)23-11/h3-4,7-8,10H,5-6,9H2,1-2H3/t10-/m0/s1. The number of rotatable bonds is 4. The zero-order valence-electron chi connectivity index (χ0n) is 12.9. The van der Waals surface area contributed by atoms with Gasteiger partial charge in [0, 0.05) is 27.1 Å². The van der Waals surface area contributed by atoms with Crippen molar-refractivity contribution in [2.45, 2.75) is 12.5 Å². The summed E-state index contributed by atoms with van der Waals surface area (Å²) in [5.41, 5.74) is 0. The van der Waals surface area contributed by atoms with Gasteiger partial charge in [-0.05, 0) is 12.1 Å². The molecule has 0 radical (unpaired) electrons. The van der Waals surface area contributed by atoms with Crippen LogP contribution in [0.15, 0.2) is 24.5 Å². The molecule has 1 aliphatic rings. The van der Waals surface area contributed by atoms with Crippen LogP contribution in [0.1, 0.15) is 16.1 Å². The molecule has 0 unspecified atom stereocenters. The maximum Gasteiger partial charge on any atom is 0.264 e. The number of carbonyl (C=O) groups excluding carboxylic acids is 1. The quantitative estimate of drug-likeness (QED) is 0.846. The molecule has 3 rings (SSSR count). The third-order valence-electron chi connectivity index (χ3n) is 3.56. The van der Waals surface area contributed by atoms with Crippen LogP contribution in [0.2, 0.25) is 4.34 Å². The number of thiophene rings is 1. The molecule has 23 heavy (non-hydrogen) atoms. The number of nitrogens with zero attached hydrogens (tertiary/aromatic N) is 4. The second-order valence-electron chi connectivity index (χ2n) is 5.49. The van der Waals surface area contributed by atoms with Gasteiger partial charge in [-0.15, -0.1) is 11.3 Å². The maximum atomic E-state index is 12.4. The van der Waals surface area contributed by atoms with Crippen LogP contribution in [-0.4, -0.2) is 54.1 Å². The first-order valence-corrected chi connectivity index (χ1v) is 8.43. The summed E-state index contributed by atoms with van der Waals surface area (Å²) in [4.78, 5) is 25.2. The van der Waals surface area contributed by atoms with Gasteiger partial charge in [0.25, 0.3) is 5.91 Å². The predicted molar refractivity (Wildman–Crippen MR) is 90.6 cm³/mol. The molecule has 1 saturated heterocycles. The molecule has 0 aliphatic carbocycles. The molecule has 0 aromatic carbocycles. The van der Waals surface area contributed by atoms with E-state index in [-0.39, 0.29) is 12.0 Å². The number of aromatic nitrogens is 2. The van der Waals surface area contributed by atoms with Gasteiger partial charge in [0.2, 0.25) is 5.88 Å². The van der Waals surface area contributed by atoms with Crippen molar-refractivity contribution in [2.75, 3.05) is 32.1 Å². The Morgan fingerprint density at radius 1 is 1.43 bits per heavy atom. The molecule has 0 spiro atoms. The van der Waals surface area contributed by atoms with Crippen molar-refractivity contribution in [3.8, 4) is 5.88 Å². The Bertz CT molecular complexity index is 706. The van der Waals surface area contributed by atoms with Gasteiger partial charge in [0.1, 0.15) is 6.10 Å². The predicted octanol–water partition coefficient (Wildman–Crippen LogP) is 2.55. The highest BCUT2D eigenvalue weighted by atomic mass is 35.5. The summed E-state index contributed by atoms with van der Waals surface area (Å²) in [5, 5.41) is 0. The van der Waals surface area contributed by atoms with Gasteiger partial charge in [0.05, 0.1) is 28.2 Å². The fourth-order valence-corrected chi connectivity index (χ4v) is 3.39. The van der Waals surface area contributed by atoms with Crippen LogP contribution in [0.25, 0.3) is 0 Å². The van der Waals surface area contributed by atoms with E-state index in [1.807, 2.05) is 19.0 Å².